The molecule has 0 aliphatic carbocycles. The molecular weight excluding hydrogens is 247 g/mol. The van der Waals surface area contributed by atoms with Crippen molar-refractivity contribution in [3.05, 3.63) is 22.8 Å². The Morgan fingerprint density at radius 2 is 2.06 bits per heavy atom. The van der Waals surface area contributed by atoms with Crippen LogP contribution in [0.4, 0.5) is 13.2 Å². The largest absolute Gasteiger partial charge is 0.411 e. The van der Waals surface area contributed by atoms with Crippen LogP contribution < -0.4 is 5.32 Å². The van der Waals surface area contributed by atoms with Gasteiger partial charge in [-0.2, -0.15) is 13.2 Å². The fourth-order valence-electron chi connectivity index (χ4n) is 1.91. The summed E-state index contributed by atoms with van der Waals surface area (Å²) in [6, 6.07) is 0. The van der Waals surface area contributed by atoms with Crippen LogP contribution in [0.5, 0.6) is 0 Å². The smallest absolute Gasteiger partial charge is 0.364 e. The Labute approximate surface area is 103 Å². The van der Waals surface area contributed by atoms with E-state index >= 15 is 0 Å². The highest BCUT2D eigenvalue weighted by atomic mass is 19.4. The van der Waals surface area contributed by atoms with Crippen LogP contribution in [0.3, 0.4) is 0 Å². The summed E-state index contributed by atoms with van der Waals surface area (Å²) in [4.78, 5) is 8.45. The number of hydrogen-bond donors (Lipinski definition) is 1. The zero-order chi connectivity index (χ0) is 13.2. The van der Waals surface area contributed by atoms with E-state index in [2.05, 4.69) is 20.0 Å². The molecule has 4 nitrogen and oxygen atoms in total. The standard InChI is InChI=1S/C11H14F3N3O/c1-2-8-7-3-15-4-9(7)17-10(16-8)5-18-6-11(12,13)14/h15H,2-6H2,1H3. The Bertz CT molecular complexity index is 434. The molecule has 0 saturated heterocycles. The average molecular weight is 261 g/mol. The van der Waals surface area contributed by atoms with E-state index in [1.807, 2.05) is 6.92 Å². The van der Waals surface area contributed by atoms with Crippen LogP contribution in [-0.4, -0.2) is 22.8 Å². The lowest BCUT2D eigenvalue weighted by Gasteiger charge is -2.09. The van der Waals surface area contributed by atoms with Crippen molar-refractivity contribution in [3.8, 4) is 0 Å². The van der Waals surface area contributed by atoms with Crippen LogP contribution in [0.25, 0.3) is 0 Å². The molecule has 2 heterocycles. The van der Waals surface area contributed by atoms with Crippen molar-refractivity contribution >= 4 is 0 Å². The SMILES string of the molecule is CCc1nc(COCC(F)(F)F)nc2c1CNC2. The molecule has 0 atom stereocenters. The molecule has 0 radical (unpaired) electrons. The summed E-state index contributed by atoms with van der Waals surface area (Å²) >= 11 is 0. The first-order valence-electron chi connectivity index (χ1n) is 5.72. The molecule has 100 valence electrons. The number of ether oxygens (including phenoxy) is 1. The third kappa shape index (κ3) is 3.17. The Morgan fingerprint density at radius 3 is 2.72 bits per heavy atom. The zero-order valence-electron chi connectivity index (χ0n) is 9.97. The van der Waals surface area contributed by atoms with Crippen LogP contribution in [-0.2, 0) is 30.9 Å². The Hall–Kier alpha value is -1.21. The van der Waals surface area contributed by atoms with E-state index in [-0.39, 0.29) is 6.61 Å². The van der Waals surface area contributed by atoms with Crippen molar-refractivity contribution in [3.63, 3.8) is 0 Å². The first kappa shape index (κ1) is 13.2. The normalized spacial score (nSPS) is 14.9. The van der Waals surface area contributed by atoms with E-state index in [1.54, 1.807) is 0 Å². The second-order valence-electron chi connectivity index (χ2n) is 4.08. The summed E-state index contributed by atoms with van der Waals surface area (Å²) in [6.45, 7) is 1.84. The Balaban J connectivity index is 2.05. The molecule has 1 aliphatic rings. The van der Waals surface area contributed by atoms with Crippen LogP contribution in [0.1, 0.15) is 29.7 Å². The highest BCUT2D eigenvalue weighted by Crippen LogP contribution is 2.19. The van der Waals surface area contributed by atoms with Crippen molar-refractivity contribution in [1.29, 1.82) is 0 Å². The van der Waals surface area contributed by atoms with Crippen molar-refractivity contribution < 1.29 is 17.9 Å². The molecule has 1 aromatic rings. The van der Waals surface area contributed by atoms with Gasteiger partial charge in [-0.25, -0.2) is 9.97 Å². The minimum atomic E-state index is -4.31. The number of aromatic nitrogens is 2. The third-order valence-corrected chi connectivity index (χ3v) is 2.65. The molecule has 0 fully saturated rings. The average Bonchev–Trinajstić information content (AvgIpc) is 2.74. The van der Waals surface area contributed by atoms with Gasteiger partial charge >= 0.3 is 6.18 Å². The van der Waals surface area contributed by atoms with Gasteiger partial charge in [-0.3, -0.25) is 0 Å². The molecule has 1 N–H and O–H groups in total. The fourth-order valence-corrected chi connectivity index (χ4v) is 1.91. The second-order valence-corrected chi connectivity index (χ2v) is 4.08. The van der Waals surface area contributed by atoms with Gasteiger partial charge in [-0.1, -0.05) is 6.92 Å². The maximum Gasteiger partial charge on any atom is 0.411 e. The van der Waals surface area contributed by atoms with E-state index in [1.165, 1.54) is 0 Å². The fraction of sp³-hybridized carbons (Fsp3) is 0.636. The molecular formula is C11H14F3N3O. The number of rotatable bonds is 4. The summed E-state index contributed by atoms with van der Waals surface area (Å²) in [6.07, 6.45) is -3.58. The molecule has 0 bridgehead atoms. The van der Waals surface area contributed by atoms with Gasteiger partial charge in [0.25, 0.3) is 0 Å². The second kappa shape index (κ2) is 5.19. The molecule has 0 spiro atoms. The topological polar surface area (TPSA) is 47.0 Å². The van der Waals surface area contributed by atoms with Gasteiger partial charge in [0.15, 0.2) is 5.82 Å². The minimum absolute atomic E-state index is 0.209. The lowest BCUT2D eigenvalue weighted by Crippen LogP contribution is -2.17. The van der Waals surface area contributed by atoms with Crippen LogP contribution in [0.2, 0.25) is 0 Å². The molecule has 0 saturated carbocycles. The van der Waals surface area contributed by atoms with Gasteiger partial charge in [0.1, 0.15) is 13.2 Å². The monoisotopic (exact) mass is 261 g/mol. The first-order valence-corrected chi connectivity index (χ1v) is 5.72. The highest BCUT2D eigenvalue weighted by Gasteiger charge is 2.27. The van der Waals surface area contributed by atoms with Gasteiger partial charge in [-0.15, -0.1) is 0 Å². The molecule has 0 unspecified atom stereocenters. The Morgan fingerprint density at radius 1 is 1.28 bits per heavy atom. The summed E-state index contributed by atoms with van der Waals surface area (Å²) in [5.41, 5.74) is 2.82. The molecule has 1 aliphatic heterocycles. The van der Waals surface area contributed by atoms with Crippen molar-refractivity contribution in [2.24, 2.45) is 0 Å². The molecule has 7 heteroatoms. The predicted octanol–water partition coefficient (Wildman–Crippen LogP) is 1.72. The summed E-state index contributed by atoms with van der Waals surface area (Å²) in [5.74, 6) is 0.318. The highest BCUT2D eigenvalue weighted by molar-refractivity contribution is 5.29. The van der Waals surface area contributed by atoms with Gasteiger partial charge < -0.3 is 10.1 Å². The number of nitrogens with one attached hydrogen (secondary N) is 1. The molecule has 2 rings (SSSR count). The molecule has 0 aromatic carbocycles. The number of halogens is 3. The maximum absolute atomic E-state index is 11.9. The summed E-state index contributed by atoms with van der Waals surface area (Å²) in [5, 5.41) is 3.15. The van der Waals surface area contributed by atoms with E-state index < -0.39 is 12.8 Å². The van der Waals surface area contributed by atoms with Crippen molar-refractivity contribution in [2.45, 2.75) is 39.2 Å². The number of alkyl halides is 3. The number of aryl methyl sites for hydroxylation is 1. The minimum Gasteiger partial charge on any atom is -0.364 e. The first-order chi connectivity index (χ1) is 8.49. The number of hydrogen-bond acceptors (Lipinski definition) is 4. The van der Waals surface area contributed by atoms with Gasteiger partial charge in [-0.05, 0) is 6.42 Å². The van der Waals surface area contributed by atoms with Crippen molar-refractivity contribution in [2.75, 3.05) is 6.61 Å². The van der Waals surface area contributed by atoms with Gasteiger partial charge in [0.2, 0.25) is 0 Å². The van der Waals surface area contributed by atoms with Crippen LogP contribution >= 0.6 is 0 Å². The van der Waals surface area contributed by atoms with E-state index in [4.69, 9.17) is 0 Å². The lowest BCUT2D eigenvalue weighted by molar-refractivity contribution is -0.177. The summed E-state index contributed by atoms with van der Waals surface area (Å²) < 4.78 is 40.4. The predicted molar refractivity (Wildman–Crippen MR) is 57.7 cm³/mol. The molecule has 0 amide bonds. The summed E-state index contributed by atoms with van der Waals surface area (Å²) in [7, 11) is 0. The third-order valence-electron chi connectivity index (χ3n) is 2.65. The van der Waals surface area contributed by atoms with Gasteiger partial charge in [0.05, 0.1) is 5.69 Å². The quantitative estimate of drug-likeness (QED) is 0.896. The van der Waals surface area contributed by atoms with Gasteiger partial charge in [0, 0.05) is 24.3 Å². The van der Waals surface area contributed by atoms with Crippen molar-refractivity contribution in [1.82, 2.24) is 15.3 Å². The molecule has 18 heavy (non-hydrogen) atoms. The van der Waals surface area contributed by atoms with E-state index in [0.29, 0.717) is 12.4 Å². The lowest BCUT2D eigenvalue weighted by atomic mass is 10.1. The van der Waals surface area contributed by atoms with Crippen LogP contribution in [0, 0.1) is 0 Å². The maximum atomic E-state index is 11.9. The number of fused-ring (bicyclic) bond motifs is 1. The van der Waals surface area contributed by atoms with E-state index in [9.17, 15) is 13.2 Å². The number of nitrogens with zero attached hydrogens (tertiary/aromatic N) is 2. The van der Waals surface area contributed by atoms with E-state index in [0.717, 1.165) is 29.9 Å². The Kier molecular flexibility index (Phi) is 3.82. The molecule has 1 aromatic heterocycles. The van der Waals surface area contributed by atoms with Crippen LogP contribution in [0.15, 0.2) is 0 Å². The zero-order valence-corrected chi connectivity index (χ0v) is 9.97.